The maximum absolute atomic E-state index is 10.4. The summed E-state index contributed by atoms with van der Waals surface area (Å²) in [5.74, 6) is -0.978. The molecule has 0 saturated heterocycles. The van der Waals surface area contributed by atoms with E-state index in [0.717, 1.165) is 5.56 Å². The molecule has 0 unspecified atom stereocenters. The molecule has 2 N–H and O–H groups in total. The van der Waals surface area contributed by atoms with Gasteiger partial charge in [0.2, 0.25) is 0 Å². The van der Waals surface area contributed by atoms with Crippen LogP contribution in [-0.4, -0.2) is 17.6 Å². The van der Waals surface area contributed by atoms with Crippen LogP contribution in [0.4, 0.5) is 0 Å². The number of halogens is 1. The molecule has 3 nitrogen and oxygen atoms in total. The van der Waals surface area contributed by atoms with Gasteiger partial charge in [-0.2, -0.15) is 0 Å². The fraction of sp³-hybridized carbons (Fsp3) is 0.182. The van der Waals surface area contributed by atoms with Gasteiger partial charge in [0.1, 0.15) is 0 Å². The molecule has 0 heterocycles. The Morgan fingerprint density at radius 2 is 2.27 bits per heavy atom. The first-order chi connectivity index (χ1) is 7.09. The second-order valence-corrected chi connectivity index (χ2v) is 3.58. The standard InChI is InChI=1S/C11H12ClNO2/c1-8(11(14)15)6-13-7-9-3-2-4-10(12)5-9/h2-5,13H,1,6-7H2,(H,14,15). The summed E-state index contributed by atoms with van der Waals surface area (Å²) >= 11 is 5.80. The van der Waals surface area contributed by atoms with Gasteiger partial charge in [-0.1, -0.05) is 30.3 Å². The van der Waals surface area contributed by atoms with Gasteiger partial charge < -0.3 is 10.4 Å². The summed E-state index contributed by atoms with van der Waals surface area (Å²) in [4.78, 5) is 10.4. The van der Waals surface area contributed by atoms with Gasteiger partial charge in [-0.15, -0.1) is 0 Å². The lowest BCUT2D eigenvalue weighted by atomic mass is 10.2. The monoisotopic (exact) mass is 225 g/mol. The van der Waals surface area contributed by atoms with Crippen molar-refractivity contribution in [1.29, 1.82) is 0 Å². The van der Waals surface area contributed by atoms with Gasteiger partial charge in [0, 0.05) is 23.7 Å². The summed E-state index contributed by atoms with van der Waals surface area (Å²) in [5, 5.41) is 12.2. The molecule has 15 heavy (non-hydrogen) atoms. The topological polar surface area (TPSA) is 49.3 Å². The molecule has 1 aromatic rings. The summed E-state index contributed by atoms with van der Waals surface area (Å²) in [6, 6.07) is 7.40. The van der Waals surface area contributed by atoms with Crippen LogP contribution in [0.5, 0.6) is 0 Å². The van der Waals surface area contributed by atoms with E-state index >= 15 is 0 Å². The van der Waals surface area contributed by atoms with E-state index in [4.69, 9.17) is 16.7 Å². The van der Waals surface area contributed by atoms with Crippen molar-refractivity contribution in [2.45, 2.75) is 6.54 Å². The van der Waals surface area contributed by atoms with Crippen molar-refractivity contribution in [3.05, 3.63) is 47.0 Å². The third-order valence-electron chi connectivity index (χ3n) is 1.86. The minimum absolute atomic E-state index is 0.150. The van der Waals surface area contributed by atoms with Gasteiger partial charge in [-0.05, 0) is 17.7 Å². The van der Waals surface area contributed by atoms with Crippen molar-refractivity contribution in [1.82, 2.24) is 5.32 Å². The van der Waals surface area contributed by atoms with Gasteiger partial charge in [0.05, 0.1) is 0 Å². The second-order valence-electron chi connectivity index (χ2n) is 3.14. The van der Waals surface area contributed by atoms with Crippen molar-refractivity contribution in [2.24, 2.45) is 0 Å². The number of carboxylic acids is 1. The quantitative estimate of drug-likeness (QED) is 0.755. The molecule has 1 aromatic carbocycles. The van der Waals surface area contributed by atoms with E-state index in [9.17, 15) is 4.79 Å². The first kappa shape index (κ1) is 11.8. The summed E-state index contributed by atoms with van der Waals surface area (Å²) < 4.78 is 0. The zero-order valence-electron chi connectivity index (χ0n) is 8.16. The van der Waals surface area contributed by atoms with Crippen molar-refractivity contribution in [2.75, 3.05) is 6.54 Å². The number of rotatable bonds is 5. The summed E-state index contributed by atoms with van der Waals surface area (Å²) in [7, 11) is 0. The van der Waals surface area contributed by atoms with Crippen molar-refractivity contribution < 1.29 is 9.90 Å². The Morgan fingerprint density at radius 3 is 2.87 bits per heavy atom. The molecule has 1 rings (SSSR count). The minimum Gasteiger partial charge on any atom is -0.478 e. The molecule has 0 aliphatic heterocycles. The Labute approximate surface area is 93.4 Å². The minimum atomic E-state index is -0.978. The third-order valence-corrected chi connectivity index (χ3v) is 2.09. The zero-order chi connectivity index (χ0) is 11.3. The van der Waals surface area contributed by atoms with Crippen LogP contribution < -0.4 is 5.32 Å². The molecule has 4 heteroatoms. The third kappa shape index (κ3) is 4.14. The first-order valence-electron chi connectivity index (χ1n) is 4.46. The molecule has 0 fully saturated rings. The summed E-state index contributed by atoms with van der Waals surface area (Å²) in [6.45, 7) is 4.26. The number of aliphatic carboxylic acids is 1. The van der Waals surface area contributed by atoms with Gasteiger partial charge in [-0.25, -0.2) is 4.79 Å². The van der Waals surface area contributed by atoms with Crippen molar-refractivity contribution in [3.8, 4) is 0 Å². The predicted octanol–water partition coefficient (Wildman–Crippen LogP) is 2.07. The fourth-order valence-electron chi connectivity index (χ4n) is 1.08. The Morgan fingerprint density at radius 1 is 1.53 bits per heavy atom. The SMILES string of the molecule is C=C(CNCc1cccc(Cl)c1)C(=O)O. The van der Waals surface area contributed by atoms with Gasteiger partial charge in [0.25, 0.3) is 0 Å². The van der Waals surface area contributed by atoms with Crippen molar-refractivity contribution >= 4 is 17.6 Å². The molecule has 0 spiro atoms. The fourth-order valence-corrected chi connectivity index (χ4v) is 1.29. The number of benzene rings is 1. The second kappa shape index (κ2) is 5.53. The lowest BCUT2D eigenvalue weighted by Crippen LogP contribution is -2.19. The van der Waals surface area contributed by atoms with Crippen LogP contribution >= 0.6 is 11.6 Å². The van der Waals surface area contributed by atoms with Crippen LogP contribution in [0, 0.1) is 0 Å². The van der Waals surface area contributed by atoms with E-state index in [1.165, 1.54) is 0 Å². The molecule has 0 radical (unpaired) electrons. The van der Waals surface area contributed by atoms with Crippen LogP contribution in [0.3, 0.4) is 0 Å². The molecule has 0 amide bonds. The van der Waals surface area contributed by atoms with E-state index in [1.54, 1.807) is 6.07 Å². The first-order valence-corrected chi connectivity index (χ1v) is 4.83. The van der Waals surface area contributed by atoms with Gasteiger partial charge in [0.15, 0.2) is 0 Å². The highest BCUT2D eigenvalue weighted by atomic mass is 35.5. The van der Waals surface area contributed by atoms with Crippen LogP contribution in [0.2, 0.25) is 5.02 Å². The predicted molar refractivity (Wildman–Crippen MR) is 59.9 cm³/mol. The Kier molecular flexibility index (Phi) is 4.34. The molecule has 0 saturated carbocycles. The lowest BCUT2D eigenvalue weighted by Gasteiger charge is -2.04. The lowest BCUT2D eigenvalue weighted by molar-refractivity contribution is -0.132. The number of carbonyl (C=O) groups is 1. The Bertz CT molecular complexity index is 377. The van der Waals surface area contributed by atoms with Gasteiger partial charge in [-0.3, -0.25) is 0 Å². The normalized spacial score (nSPS) is 9.93. The zero-order valence-corrected chi connectivity index (χ0v) is 8.92. The molecular formula is C11H12ClNO2. The van der Waals surface area contributed by atoms with Crippen LogP contribution in [0.15, 0.2) is 36.4 Å². The van der Waals surface area contributed by atoms with E-state index in [1.807, 2.05) is 18.2 Å². The van der Waals surface area contributed by atoms with E-state index in [-0.39, 0.29) is 12.1 Å². The van der Waals surface area contributed by atoms with E-state index < -0.39 is 5.97 Å². The molecule has 0 aliphatic carbocycles. The number of hydrogen-bond donors (Lipinski definition) is 2. The van der Waals surface area contributed by atoms with Crippen LogP contribution in [-0.2, 0) is 11.3 Å². The smallest absolute Gasteiger partial charge is 0.332 e. The molecule has 80 valence electrons. The highest BCUT2D eigenvalue weighted by molar-refractivity contribution is 6.30. The molecular weight excluding hydrogens is 214 g/mol. The maximum Gasteiger partial charge on any atom is 0.332 e. The van der Waals surface area contributed by atoms with Crippen LogP contribution in [0.25, 0.3) is 0 Å². The maximum atomic E-state index is 10.4. The molecule has 0 atom stereocenters. The molecule has 0 aromatic heterocycles. The highest BCUT2D eigenvalue weighted by Gasteiger charge is 2.02. The molecule has 0 bridgehead atoms. The van der Waals surface area contributed by atoms with E-state index in [2.05, 4.69) is 11.9 Å². The Hall–Kier alpha value is -1.32. The van der Waals surface area contributed by atoms with E-state index in [0.29, 0.717) is 11.6 Å². The largest absolute Gasteiger partial charge is 0.478 e. The number of hydrogen-bond acceptors (Lipinski definition) is 2. The number of carboxylic acid groups (broad SMARTS) is 1. The summed E-state index contributed by atoms with van der Waals surface area (Å²) in [5.41, 5.74) is 1.16. The number of nitrogens with one attached hydrogen (secondary N) is 1. The average Bonchev–Trinajstić information content (AvgIpc) is 2.17. The molecule has 0 aliphatic rings. The van der Waals surface area contributed by atoms with Gasteiger partial charge >= 0.3 is 5.97 Å². The average molecular weight is 226 g/mol. The highest BCUT2D eigenvalue weighted by Crippen LogP contribution is 2.10. The van der Waals surface area contributed by atoms with Crippen molar-refractivity contribution in [3.63, 3.8) is 0 Å². The Balaban J connectivity index is 2.38. The summed E-state index contributed by atoms with van der Waals surface area (Å²) in [6.07, 6.45) is 0. The van der Waals surface area contributed by atoms with Crippen LogP contribution in [0.1, 0.15) is 5.56 Å².